The van der Waals surface area contributed by atoms with Crippen molar-refractivity contribution in [2.75, 3.05) is 13.2 Å². The van der Waals surface area contributed by atoms with E-state index in [1.807, 2.05) is 0 Å². The zero-order chi connectivity index (χ0) is 19.1. The van der Waals surface area contributed by atoms with Crippen LogP contribution in [0.1, 0.15) is 38.5 Å². The van der Waals surface area contributed by atoms with Gasteiger partial charge in [0.1, 0.15) is 12.4 Å². The summed E-state index contributed by atoms with van der Waals surface area (Å²) in [7, 11) is 0. The van der Waals surface area contributed by atoms with Crippen molar-refractivity contribution < 1.29 is 23.1 Å². The van der Waals surface area contributed by atoms with Crippen LogP contribution in [0, 0.1) is 29.4 Å². The number of rotatable bonds is 10. The van der Waals surface area contributed by atoms with Crippen molar-refractivity contribution in [3.63, 3.8) is 0 Å². The summed E-state index contributed by atoms with van der Waals surface area (Å²) in [5.41, 5.74) is 11.0. The van der Waals surface area contributed by atoms with Crippen molar-refractivity contribution in [2.24, 2.45) is 29.2 Å². The number of hydrogen-bond acceptors (Lipinski definition) is 4. The van der Waals surface area contributed by atoms with Crippen molar-refractivity contribution >= 4 is 11.7 Å². The second-order valence-electron chi connectivity index (χ2n) is 6.82. The summed E-state index contributed by atoms with van der Waals surface area (Å²) >= 11 is 0. The minimum atomic E-state index is -0.727. The molecule has 0 spiro atoms. The summed E-state index contributed by atoms with van der Waals surface area (Å²) < 4.78 is 32.1. The largest absolute Gasteiger partial charge is 0.483 e. The van der Waals surface area contributed by atoms with Crippen LogP contribution in [0.15, 0.2) is 18.2 Å². The maximum Gasteiger partial charge on any atom is 0.220 e. The van der Waals surface area contributed by atoms with E-state index in [0.29, 0.717) is 19.4 Å². The number of benzene rings is 1. The van der Waals surface area contributed by atoms with E-state index in [9.17, 15) is 18.4 Å². The van der Waals surface area contributed by atoms with Crippen LogP contribution in [0.2, 0.25) is 0 Å². The first-order chi connectivity index (χ1) is 12.4. The number of amides is 1. The zero-order valence-corrected chi connectivity index (χ0v) is 14.8. The molecule has 2 rings (SSSR count). The normalized spacial score (nSPS) is 20.7. The maximum atomic E-state index is 13.7. The van der Waals surface area contributed by atoms with Gasteiger partial charge >= 0.3 is 0 Å². The zero-order valence-electron chi connectivity index (χ0n) is 14.8. The topological polar surface area (TPSA) is 95.4 Å². The Labute approximate surface area is 152 Å². The molecule has 144 valence electrons. The monoisotopic (exact) mass is 368 g/mol. The molecule has 1 aliphatic carbocycles. The maximum absolute atomic E-state index is 13.7. The highest BCUT2D eigenvalue weighted by molar-refractivity contribution is 5.84. The lowest BCUT2D eigenvalue weighted by Crippen LogP contribution is -2.35. The van der Waals surface area contributed by atoms with Crippen LogP contribution >= 0.6 is 0 Å². The lowest BCUT2D eigenvalue weighted by Gasteiger charge is -2.26. The highest BCUT2D eigenvalue weighted by Gasteiger charge is 2.39. The molecule has 1 saturated carbocycles. The molecule has 1 aromatic rings. The highest BCUT2D eigenvalue weighted by Crippen LogP contribution is 2.39. The van der Waals surface area contributed by atoms with E-state index in [0.717, 1.165) is 43.9 Å². The number of ketones is 1. The molecule has 3 atom stereocenters. The van der Waals surface area contributed by atoms with Gasteiger partial charge in [0, 0.05) is 17.9 Å². The van der Waals surface area contributed by atoms with E-state index >= 15 is 0 Å². The van der Waals surface area contributed by atoms with Crippen LogP contribution in [0.4, 0.5) is 8.78 Å². The van der Waals surface area contributed by atoms with Crippen molar-refractivity contribution in [1.82, 2.24) is 0 Å². The number of primary amides is 1. The van der Waals surface area contributed by atoms with E-state index in [1.54, 1.807) is 0 Å². The first-order valence-corrected chi connectivity index (χ1v) is 9.04. The number of Topliss-reactive ketones (excluding diaryl/α,β-unsaturated/α-hetero) is 1. The van der Waals surface area contributed by atoms with Gasteiger partial charge in [-0.05, 0) is 50.3 Å². The van der Waals surface area contributed by atoms with Gasteiger partial charge in [-0.1, -0.05) is 12.8 Å². The average Bonchev–Trinajstić information content (AvgIpc) is 3.09. The van der Waals surface area contributed by atoms with Crippen LogP contribution in [-0.4, -0.2) is 24.8 Å². The van der Waals surface area contributed by atoms with Gasteiger partial charge in [-0.3, -0.25) is 9.59 Å². The van der Waals surface area contributed by atoms with Crippen molar-refractivity contribution in [2.45, 2.75) is 38.5 Å². The smallest absolute Gasteiger partial charge is 0.220 e. The van der Waals surface area contributed by atoms with Crippen LogP contribution in [-0.2, 0) is 9.59 Å². The summed E-state index contributed by atoms with van der Waals surface area (Å²) in [5, 5.41) is 0. The standard InChI is InChI=1S/C19H26F2N2O3/c20-12-7-8-16(21)18(10-12)26-11-17(24)14(4-1-2-9-22)13-5-3-6-15(13)19(23)25/h7-8,10,13-15H,1-6,9,11,22H2,(H2,23,25)/t13-,14?,15?/m0/s1. The molecule has 0 heterocycles. The van der Waals surface area contributed by atoms with Gasteiger partial charge < -0.3 is 16.2 Å². The number of nitrogens with two attached hydrogens (primary N) is 2. The molecule has 0 radical (unpaired) electrons. The Bertz CT molecular complexity index is 639. The predicted octanol–water partition coefficient (Wildman–Crippen LogP) is 2.56. The summed E-state index contributed by atoms with van der Waals surface area (Å²) in [6.07, 6.45) is 4.39. The second kappa shape index (κ2) is 9.62. The molecule has 1 fully saturated rings. The number of ether oxygens (including phenoxy) is 1. The third-order valence-corrected chi connectivity index (χ3v) is 5.10. The number of hydrogen-bond donors (Lipinski definition) is 2. The fraction of sp³-hybridized carbons (Fsp3) is 0.579. The quantitative estimate of drug-likeness (QED) is 0.621. The van der Waals surface area contributed by atoms with Gasteiger partial charge in [-0.25, -0.2) is 8.78 Å². The summed E-state index contributed by atoms with van der Waals surface area (Å²) in [6.45, 7) is 0.158. The third-order valence-electron chi connectivity index (χ3n) is 5.10. The Morgan fingerprint density at radius 3 is 2.69 bits per heavy atom. The van der Waals surface area contributed by atoms with E-state index in [4.69, 9.17) is 16.2 Å². The average molecular weight is 368 g/mol. The van der Waals surface area contributed by atoms with Crippen LogP contribution < -0.4 is 16.2 Å². The molecule has 5 nitrogen and oxygen atoms in total. The Morgan fingerprint density at radius 2 is 2.00 bits per heavy atom. The van der Waals surface area contributed by atoms with Crippen LogP contribution in [0.25, 0.3) is 0 Å². The van der Waals surface area contributed by atoms with Gasteiger partial charge in [0.25, 0.3) is 0 Å². The number of unbranched alkanes of at least 4 members (excludes halogenated alkanes) is 1. The van der Waals surface area contributed by atoms with Crippen LogP contribution in [0.5, 0.6) is 5.75 Å². The van der Waals surface area contributed by atoms with Crippen LogP contribution in [0.3, 0.4) is 0 Å². The minimum absolute atomic E-state index is 0.126. The molecular formula is C19H26F2N2O3. The third kappa shape index (κ3) is 5.24. The van der Waals surface area contributed by atoms with E-state index in [1.165, 1.54) is 0 Å². The van der Waals surface area contributed by atoms with Gasteiger partial charge in [0.15, 0.2) is 17.3 Å². The molecule has 26 heavy (non-hydrogen) atoms. The molecule has 0 bridgehead atoms. The van der Waals surface area contributed by atoms with Crippen molar-refractivity contribution in [1.29, 1.82) is 0 Å². The summed E-state index contributed by atoms with van der Waals surface area (Å²) in [6, 6.07) is 2.84. The molecular weight excluding hydrogens is 342 g/mol. The number of halogens is 2. The Hall–Kier alpha value is -2.02. The second-order valence-corrected chi connectivity index (χ2v) is 6.82. The fourth-order valence-electron chi connectivity index (χ4n) is 3.79. The molecule has 0 aliphatic heterocycles. The van der Waals surface area contributed by atoms with E-state index < -0.39 is 17.6 Å². The number of carbonyl (C=O) groups excluding carboxylic acids is 2. The van der Waals surface area contributed by atoms with Gasteiger partial charge in [-0.2, -0.15) is 0 Å². The number of carbonyl (C=O) groups is 2. The first kappa shape index (κ1) is 20.3. The molecule has 1 aromatic carbocycles. The molecule has 4 N–H and O–H groups in total. The van der Waals surface area contributed by atoms with Gasteiger partial charge in [0.05, 0.1) is 0 Å². The van der Waals surface area contributed by atoms with Crippen molar-refractivity contribution in [3.8, 4) is 5.75 Å². The van der Waals surface area contributed by atoms with Gasteiger partial charge in [0.2, 0.25) is 5.91 Å². The fourth-order valence-corrected chi connectivity index (χ4v) is 3.79. The van der Waals surface area contributed by atoms with E-state index in [2.05, 4.69) is 0 Å². The Kier molecular flexibility index (Phi) is 7.50. The molecule has 1 aliphatic rings. The summed E-state index contributed by atoms with van der Waals surface area (Å²) in [4.78, 5) is 24.4. The minimum Gasteiger partial charge on any atom is -0.483 e. The van der Waals surface area contributed by atoms with Crippen molar-refractivity contribution in [3.05, 3.63) is 29.8 Å². The molecule has 7 heteroatoms. The SMILES string of the molecule is NCCCCC(C(=O)COc1cc(F)ccc1F)[C@@H]1CCCC1C(N)=O. The Balaban J connectivity index is 2.07. The predicted molar refractivity (Wildman–Crippen MR) is 93.3 cm³/mol. The molecule has 0 aromatic heterocycles. The lowest BCUT2D eigenvalue weighted by molar-refractivity contribution is -0.129. The Morgan fingerprint density at radius 1 is 1.23 bits per heavy atom. The molecule has 1 amide bonds. The lowest BCUT2D eigenvalue weighted by atomic mass is 9.78. The molecule has 0 saturated heterocycles. The molecule has 2 unspecified atom stereocenters. The highest BCUT2D eigenvalue weighted by atomic mass is 19.1. The van der Waals surface area contributed by atoms with Gasteiger partial charge in [-0.15, -0.1) is 0 Å². The first-order valence-electron chi connectivity index (χ1n) is 9.04. The summed E-state index contributed by atoms with van der Waals surface area (Å²) in [5.74, 6) is -3.11. The van der Waals surface area contributed by atoms with E-state index in [-0.39, 0.29) is 35.9 Å².